The standard InChI is InChI=1S/C10H9FN2O/c1-6-10(7(2)14)13-8(11)4-3-5-9(13)12-6/h3-5H,1-2H3. The molecule has 14 heavy (non-hydrogen) atoms. The van der Waals surface area contributed by atoms with E-state index in [2.05, 4.69) is 4.98 Å². The van der Waals surface area contributed by atoms with Crippen molar-refractivity contribution in [2.75, 3.05) is 0 Å². The lowest BCUT2D eigenvalue weighted by molar-refractivity contribution is 0.101. The molecule has 3 nitrogen and oxygen atoms in total. The molecule has 2 heterocycles. The van der Waals surface area contributed by atoms with Crippen molar-refractivity contribution in [2.45, 2.75) is 13.8 Å². The molecule has 2 rings (SSSR count). The van der Waals surface area contributed by atoms with Crippen LogP contribution in [0.3, 0.4) is 0 Å². The van der Waals surface area contributed by atoms with E-state index >= 15 is 0 Å². The topological polar surface area (TPSA) is 34.4 Å². The van der Waals surface area contributed by atoms with E-state index in [-0.39, 0.29) is 5.78 Å². The molecule has 0 fully saturated rings. The van der Waals surface area contributed by atoms with Crippen LogP contribution in [-0.4, -0.2) is 15.2 Å². The van der Waals surface area contributed by atoms with Gasteiger partial charge in [0.15, 0.2) is 11.7 Å². The van der Waals surface area contributed by atoms with Gasteiger partial charge in [-0.05, 0) is 19.1 Å². The van der Waals surface area contributed by atoms with Crippen LogP contribution in [0.15, 0.2) is 18.2 Å². The van der Waals surface area contributed by atoms with E-state index in [0.717, 1.165) is 0 Å². The predicted octanol–water partition coefficient (Wildman–Crippen LogP) is 1.98. The molecule has 0 unspecified atom stereocenters. The van der Waals surface area contributed by atoms with Crippen LogP contribution in [0.1, 0.15) is 23.1 Å². The number of ketones is 1. The van der Waals surface area contributed by atoms with Gasteiger partial charge in [-0.2, -0.15) is 4.39 Å². The molecule has 0 aromatic carbocycles. The SMILES string of the molecule is CC(=O)c1c(C)nc2cccc(F)n12. The highest BCUT2D eigenvalue weighted by Gasteiger charge is 2.14. The Kier molecular flexibility index (Phi) is 1.84. The van der Waals surface area contributed by atoms with Crippen molar-refractivity contribution in [2.24, 2.45) is 0 Å². The van der Waals surface area contributed by atoms with Crippen LogP contribution in [-0.2, 0) is 0 Å². The van der Waals surface area contributed by atoms with Gasteiger partial charge in [-0.3, -0.25) is 9.20 Å². The Hall–Kier alpha value is -1.71. The molecule has 0 spiro atoms. The minimum absolute atomic E-state index is 0.180. The highest BCUT2D eigenvalue weighted by molar-refractivity contribution is 5.94. The molecule has 0 amide bonds. The number of halogens is 1. The van der Waals surface area contributed by atoms with Gasteiger partial charge in [0, 0.05) is 6.92 Å². The van der Waals surface area contributed by atoms with E-state index in [1.54, 1.807) is 19.1 Å². The second-order valence-electron chi connectivity index (χ2n) is 3.14. The lowest BCUT2D eigenvalue weighted by Crippen LogP contribution is -2.03. The molecule has 0 bridgehead atoms. The summed E-state index contributed by atoms with van der Waals surface area (Å²) in [5.41, 5.74) is 1.34. The summed E-state index contributed by atoms with van der Waals surface area (Å²) in [5.74, 6) is -0.645. The second-order valence-corrected chi connectivity index (χ2v) is 3.14. The summed E-state index contributed by atoms with van der Waals surface area (Å²) < 4.78 is 14.6. The smallest absolute Gasteiger partial charge is 0.200 e. The first-order chi connectivity index (χ1) is 6.61. The molecule has 0 radical (unpaired) electrons. The van der Waals surface area contributed by atoms with E-state index in [1.807, 2.05) is 0 Å². The number of rotatable bonds is 1. The number of aromatic nitrogens is 2. The molecular formula is C10H9FN2O. The van der Waals surface area contributed by atoms with Crippen LogP contribution in [0.25, 0.3) is 5.65 Å². The first kappa shape index (κ1) is 8.87. The Balaban J connectivity index is 2.93. The van der Waals surface area contributed by atoms with Crippen LogP contribution >= 0.6 is 0 Å². The summed E-state index contributed by atoms with van der Waals surface area (Å²) in [6, 6.07) is 4.55. The van der Waals surface area contributed by atoms with E-state index in [0.29, 0.717) is 17.0 Å². The molecule has 2 aromatic heterocycles. The van der Waals surface area contributed by atoms with Crippen LogP contribution in [0.5, 0.6) is 0 Å². The van der Waals surface area contributed by atoms with Crippen molar-refractivity contribution in [3.8, 4) is 0 Å². The van der Waals surface area contributed by atoms with Gasteiger partial charge in [0.2, 0.25) is 0 Å². The summed E-state index contributed by atoms with van der Waals surface area (Å²) in [4.78, 5) is 15.4. The average Bonchev–Trinajstić information content (AvgIpc) is 2.42. The molecule has 0 N–H and O–H groups in total. The zero-order chi connectivity index (χ0) is 10.3. The van der Waals surface area contributed by atoms with Gasteiger partial charge in [-0.1, -0.05) is 6.07 Å². The Morgan fingerprint density at radius 1 is 1.50 bits per heavy atom. The fraction of sp³-hybridized carbons (Fsp3) is 0.200. The molecule has 0 aliphatic rings. The number of fused-ring (bicyclic) bond motifs is 1. The molecule has 0 aliphatic carbocycles. The number of hydrogen-bond acceptors (Lipinski definition) is 2. The minimum atomic E-state index is -0.465. The summed E-state index contributed by atoms with van der Waals surface area (Å²) in [5, 5.41) is 0. The predicted molar refractivity (Wildman–Crippen MR) is 49.9 cm³/mol. The number of imidazole rings is 1. The van der Waals surface area contributed by atoms with E-state index < -0.39 is 5.95 Å². The summed E-state index contributed by atoms with van der Waals surface area (Å²) in [6.45, 7) is 3.10. The molecule has 2 aromatic rings. The van der Waals surface area contributed by atoms with Crippen molar-refractivity contribution < 1.29 is 9.18 Å². The van der Waals surface area contributed by atoms with Crippen molar-refractivity contribution in [3.05, 3.63) is 35.5 Å². The van der Waals surface area contributed by atoms with Gasteiger partial charge >= 0.3 is 0 Å². The molecule has 72 valence electrons. The maximum Gasteiger partial charge on any atom is 0.200 e. The number of hydrogen-bond donors (Lipinski definition) is 0. The first-order valence-corrected chi connectivity index (χ1v) is 4.26. The highest BCUT2D eigenvalue weighted by Crippen LogP contribution is 2.14. The maximum atomic E-state index is 13.4. The van der Waals surface area contributed by atoms with E-state index in [1.165, 1.54) is 17.4 Å². The lowest BCUT2D eigenvalue weighted by atomic mass is 10.2. The fourth-order valence-corrected chi connectivity index (χ4v) is 1.58. The largest absolute Gasteiger partial charge is 0.293 e. The van der Waals surface area contributed by atoms with Gasteiger partial charge in [0.05, 0.1) is 5.69 Å². The quantitative estimate of drug-likeness (QED) is 0.511. The Morgan fingerprint density at radius 2 is 2.21 bits per heavy atom. The number of aryl methyl sites for hydroxylation is 1. The Morgan fingerprint density at radius 3 is 2.86 bits per heavy atom. The molecule has 0 saturated carbocycles. The third-order valence-electron chi connectivity index (χ3n) is 2.10. The molecule has 0 atom stereocenters. The second kappa shape index (κ2) is 2.90. The number of nitrogens with zero attached hydrogens (tertiary/aromatic N) is 2. The van der Waals surface area contributed by atoms with Gasteiger partial charge in [0.1, 0.15) is 11.3 Å². The minimum Gasteiger partial charge on any atom is -0.293 e. The van der Waals surface area contributed by atoms with Crippen molar-refractivity contribution >= 4 is 11.4 Å². The first-order valence-electron chi connectivity index (χ1n) is 4.26. The molecule has 0 aliphatic heterocycles. The summed E-state index contributed by atoms with van der Waals surface area (Å²) in [6.07, 6.45) is 0. The number of pyridine rings is 1. The number of carbonyl (C=O) groups is 1. The van der Waals surface area contributed by atoms with Gasteiger partial charge in [-0.25, -0.2) is 4.98 Å². The lowest BCUT2D eigenvalue weighted by Gasteiger charge is -1.99. The number of carbonyl (C=O) groups excluding carboxylic acids is 1. The third-order valence-corrected chi connectivity index (χ3v) is 2.10. The van der Waals surface area contributed by atoms with Crippen LogP contribution < -0.4 is 0 Å². The van der Waals surface area contributed by atoms with Gasteiger partial charge < -0.3 is 0 Å². The van der Waals surface area contributed by atoms with Crippen LogP contribution in [0, 0.1) is 12.9 Å². The highest BCUT2D eigenvalue weighted by atomic mass is 19.1. The van der Waals surface area contributed by atoms with E-state index in [4.69, 9.17) is 0 Å². The zero-order valence-corrected chi connectivity index (χ0v) is 7.91. The van der Waals surface area contributed by atoms with Crippen molar-refractivity contribution in [3.63, 3.8) is 0 Å². The summed E-state index contributed by atoms with van der Waals surface area (Å²) in [7, 11) is 0. The molecule has 0 saturated heterocycles. The van der Waals surface area contributed by atoms with Gasteiger partial charge in [-0.15, -0.1) is 0 Å². The van der Waals surface area contributed by atoms with Gasteiger partial charge in [0.25, 0.3) is 0 Å². The molecular weight excluding hydrogens is 183 g/mol. The van der Waals surface area contributed by atoms with Crippen molar-refractivity contribution in [1.82, 2.24) is 9.38 Å². The van der Waals surface area contributed by atoms with Crippen LogP contribution in [0.4, 0.5) is 4.39 Å². The summed E-state index contributed by atoms with van der Waals surface area (Å²) >= 11 is 0. The zero-order valence-electron chi connectivity index (χ0n) is 7.91. The number of Topliss-reactive ketones (excluding diaryl/α,β-unsaturated/α-hetero) is 1. The maximum absolute atomic E-state index is 13.4. The van der Waals surface area contributed by atoms with Crippen molar-refractivity contribution in [1.29, 1.82) is 0 Å². The molecule has 4 heteroatoms. The average molecular weight is 192 g/mol. The monoisotopic (exact) mass is 192 g/mol. The Bertz CT molecular complexity index is 516. The third kappa shape index (κ3) is 1.11. The Labute approximate surface area is 80.2 Å². The van der Waals surface area contributed by atoms with E-state index in [9.17, 15) is 9.18 Å². The van der Waals surface area contributed by atoms with Crippen LogP contribution in [0.2, 0.25) is 0 Å². The fourth-order valence-electron chi connectivity index (χ4n) is 1.58. The normalized spacial score (nSPS) is 10.8.